The van der Waals surface area contributed by atoms with Gasteiger partial charge in [0.1, 0.15) is 4.90 Å². The summed E-state index contributed by atoms with van der Waals surface area (Å²) in [6.07, 6.45) is 2.67. The van der Waals surface area contributed by atoms with E-state index in [0.717, 1.165) is 24.8 Å². The van der Waals surface area contributed by atoms with Crippen LogP contribution in [0, 0.1) is 13.8 Å². The van der Waals surface area contributed by atoms with Crippen molar-refractivity contribution >= 4 is 10.0 Å². The second-order valence-electron chi connectivity index (χ2n) is 7.99. The molecule has 25 heavy (non-hydrogen) atoms. The molecule has 1 aromatic heterocycles. The van der Waals surface area contributed by atoms with Crippen molar-refractivity contribution in [3.05, 3.63) is 47.3 Å². The SMILES string of the molecule is Cc1nn(C(C)(C)C)c(C)c1S(=O)(=O)NC1(c2ccccc2)CCC1. The Kier molecular flexibility index (Phi) is 4.32. The average molecular weight is 362 g/mol. The van der Waals surface area contributed by atoms with E-state index in [4.69, 9.17) is 0 Å². The summed E-state index contributed by atoms with van der Waals surface area (Å²) in [5, 5.41) is 4.49. The zero-order valence-electron chi connectivity index (χ0n) is 15.6. The zero-order chi connectivity index (χ0) is 18.5. The third-order valence-electron chi connectivity index (χ3n) is 4.99. The number of sulfonamides is 1. The van der Waals surface area contributed by atoms with Gasteiger partial charge in [-0.3, -0.25) is 4.68 Å². The number of benzene rings is 1. The number of nitrogens with zero attached hydrogens (tertiary/aromatic N) is 2. The van der Waals surface area contributed by atoms with Crippen LogP contribution in [0.1, 0.15) is 57.0 Å². The van der Waals surface area contributed by atoms with E-state index in [1.165, 1.54) is 0 Å². The van der Waals surface area contributed by atoms with Gasteiger partial charge in [-0.1, -0.05) is 30.3 Å². The molecule has 1 saturated carbocycles. The molecule has 1 heterocycles. The van der Waals surface area contributed by atoms with Crippen molar-refractivity contribution in [2.24, 2.45) is 0 Å². The Bertz CT molecular complexity index is 873. The fourth-order valence-corrected chi connectivity index (χ4v) is 5.56. The molecule has 0 radical (unpaired) electrons. The van der Waals surface area contributed by atoms with Gasteiger partial charge in [-0.2, -0.15) is 5.10 Å². The van der Waals surface area contributed by atoms with Gasteiger partial charge in [-0.25, -0.2) is 13.1 Å². The lowest BCUT2D eigenvalue weighted by Gasteiger charge is -2.42. The number of nitrogens with one attached hydrogen (secondary N) is 1. The van der Waals surface area contributed by atoms with E-state index in [2.05, 4.69) is 9.82 Å². The lowest BCUT2D eigenvalue weighted by atomic mass is 9.73. The fourth-order valence-electron chi connectivity index (χ4n) is 3.72. The highest BCUT2D eigenvalue weighted by molar-refractivity contribution is 7.89. The molecule has 0 atom stereocenters. The van der Waals surface area contributed by atoms with Crippen LogP contribution in [0.2, 0.25) is 0 Å². The van der Waals surface area contributed by atoms with Gasteiger partial charge in [0.2, 0.25) is 10.0 Å². The summed E-state index contributed by atoms with van der Waals surface area (Å²) in [4.78, 5) is 0.310. The lowest BCUT2D eigenvalue weighted by molar-refractivity contribution is 0.224. The number of rotatable bonds is 4. The van der Waals surface area contributed by atoms with Crippen molar-refractivity contribution in [3.63, 3.8) is 0 Å². The molecule has 1 aromatic carbocycles. The molecule has 5 nitrogen and oxygen atoms in total. The maximum atomic E-state index is 13.2. The standard InChI is InChI=1S/C19H27N3O2S/c1-14-17(15(2)22(20-14)18(3,4)5)25(23,24)21-19(12-9-13-19)16-10-7-6-8-11-16/h6-8,10-11,21H,9,12-13H2,1-5H3. The second kappa shape index (κ2) is 5.95. The molecule has 2 aromatic rings. The van der Waals surface area contributed by atoms with Crippen LogP contribution in [0.15, 0.2) is 35.2 Å². The van der Waals surface area contributed by atoms with E-state index < -0.39 is 15.6 Å². The molecular weight excluding hydrogens is 334 g/mol. The molecule has 0 amide bonds. The van der Waals surface area contributed by atoms with Crippen molar-refractivity contribution < 1.29 is 8.42 Å². The Hall–Kier alpha value is -1.66. The van der Waals surface area contributed by atoms with Crippen LogP contribution in [0.3, 0.4) is 0 Å². The molecule has 1 aliphatic rings. The van der Waals surface area contributed by atoms with Gasteiger partial charge in [0.25, 0.3) is 0 Å². The summed E-state index contributed by atoms with van der Waals surface area (Å²) in [5.41, 5.74) is 1.49. The van der Waals surface area contributed by atoms with Crippen molar-refractivity contribution in [1.29, 1.82) is 0 Å². The van der Waals surface area contributed by atoms with Gasteiger partial charge >= 0.3 is 0 Å². The van der Waals surface area contributed by atoms with Crippen molar-refractivity contribution in [2.45, 2.75) is 69.9 Å². The number of aryl methyl sites for hydroxylation is 1. The predicted octanol–water partition coefficient (Wildman–Crippen LogP) is 3.61. The Balaban J connectivity index is 2.02. The number of aromatic nitrogens is 2. The summed E-state index contributed by atoms with van der Waals surface area (Å²) < 4.78 is 31.3. The molecule has 6 heteroatoms. The molecule has 1 aliphatic carbocycles. The molecule has 0 spiro atoms. The molecule has 136 valence electrons. The maximum Gasteiger partial charge on any atom is 0.245 e. The first kappa shape index (κ1) is 18.1. The van der Waals surface area contributed by atoms with Crippen LogP contribution in [0.4, 0.5) is 0 Å². The molecule has 3 rings (SSSR count). The van der Waals surface area contributed by atoms with Crippen LogP contribution in [-0.4, -0.2) is 18.2 Å². The first-order valence-electron chi connectivity index (χ1n) is 8.73. The average Bonchev–Trinajstić information content (AvgIpc) is 2.79. The van der Waals surface area contributed by atoms with Crippen molar-refractivity contribution in [2.75, 3.05) is 0 Å². The van der Waals surface area contributed by atoms with E-state index in [-0.39, 0.29) is 5.54 Å². The summed E-state index contributed by atoms with van der Waals surface area (Å²) in [7, 11) is -3.66. The highest BCUT2D eigenvalue weighted by atomic mass is 32.2. The van der Waals surface area contributed by atoms with Crippen LogP contribution in [-0.2, 0) is 21.1 Å². The first-order valence-corrected chi connectivity index (χ1v) is 10.2. The largest absolute Gasteiger partial charge is 0.263 e. The van der Waals surface area contributed by atoms with E-state index in [9.17, 15) is 8.42 Å². The minimum atomic E-state index is -3.66. The second-order valence-corrected chi connectivity index (χ2v) is 9.61. The van der Waals surface area contributed by atoms with Crippen LogP contribution in [0.25, 0.3) is 0 Å². The molecule has 1 N–H and O–H groups in total. The third kappa shape index (κ3) is 3.13. The summed E-state index contributed by atoms with van der Waals surface area (Å²) in [6, 6.07) is 9.86. The Morgan fingerprint density at radius 3 is 2.16 bits per heavy atom. The van der Waals surface area contributed by atoms with E-state index >= 15 is 0 Å². The van der Waals surface area contributed by atoms with E-state index in [0.29, 0.717) is 16.3 Å². The molecule has 1 fully saturated rings. The Labute approximate surface area is 150 Å². The number of hydrogen-bond acceptors (Lipinski definition) is 3. The van der Waals surface area contributed by atoms with Gasteiger partial charge in [0, 0.05) is 0 Å². The normalized spacial score (nSPS) is 17.3. The summed E-state index contributed by atoms with van der Waals surface area (Å²) in [5.74, 6) is 0. The molecule has 0 unspecified atom stereocenters. The van der Waals surface area contributed by atoms with Crippen LogP contribution >= 0.6 is 0 Å². The highest BCUT2D eigenvalue weighted by Gasteiger charge is 2.43. The Morgan fingerprint density at radius 2 is 1.72 bits per heavy atom. The minimum Gasteiger partial charge on any atom is -0.263 e. The van der Waals surface area contributed by atoms with E-state index in [1.807, 2.05) is 58.0 Å². The van der Waals surface area contributed by atoms with Crippen molar-refractivity contribution in [1.82, 2.24) is 14.5 Å². The minimum absolute atomic E-state index is 0.268. The number of hydrogen-bond donors (Lipinski definition) is 1. The van der Waals surface area contributed by atoms with Crippen LogP contribution < -0.4 is 4.72 Å². The monoisotopic (exact) mass is 361 g/mol. The molecule has 0 bridgehead atoms. The summed E-state index contributed by atoms with van der Waals surface area (Å²) in [6.45, 7) is 9.66. The topological polar surface area (TPSA) is 64.0 Å². The molecule has 0 aliphatic heterocycles. The molecule has 0 saturated heterocycles. The van der Waals surface area contributed by atoms with E-state index in [1.54, 1.807) is 11.6 Å². The van der Waals surface area contributed by atoms with Crippen LogP contribution in [0.5, 0.6) is 0 Å². The van der Waals surface area contributed by atoms with Gasteiger partial charge in [-0.05, 0) is 59.4 Å². The lowest BCUT2D eigenvalue weighted by Crippen LogP contribution is -2.50. The van der Waals surface area contributed by atoms with Gasteiger partial charge in [0.15, 0.2) is 0 Å². The maximum absolute atomic E-state index is 13.2. The quantitative estimate of drug-likeness (QED) is 0.905. The first-order chi connectivity index (χ1) is 11.6. The predicted molar refractivity (Wildman–Crippen MR) is 99.0 cm³/mol. The molecular formula is C19H27N3O2S. The zero-order valence-corrected chi connectivity index (χ0v) is 16.4. The highest BCUT2D eigenvalue weighted by Crippen LogP contribution is 2.42. The van der Waals surface area contributed by atoms with Gasteiger partial charge in [-0.15, -0.1) is 0 Å². The van der Waals surface area contributed by atoms with Gasteiger partial charge < -0.3 is 0 Å². The Morgan fingerprint density at radius 1 is 1.12 bits per heavy atom. The fraction of sp³-hybridized carbons (Fsp3) is 0.526. The van der Waals surface area contributed by atoms with Gasteiger partial charge in [0.05, 0.1) is 22.5 Å². The smallest absolute Gasteiger partial charge is 0.245 e. The summed E-state index contributed by atoms with van der Waals surface area (Å²) >= 11 is 0. The van der Waals surface area contributed by atoms with Crippen molar-refractivity contribution in [3.8, 4) is 0 Å². The third-order valence-corrected chi connectivity index (χ3v) is 6.78.